The standard InChI is InChI=1S/C40H66O10/c1-10-12-29(43)48-21-26-31(44)32(45)33(46)35(50-26)49-25-20-39(8)27(37(6)17-15-28(42)36(4,5)34(25)37)19-24(41)30-23(14-18-38(30,39)7)40(9,47)16-11-13-22(2)3/h10,12-13,23-28,30-35,41-42,44-47H,11,14-21H2,1-9H3. The molecule has 0 aromatic heterocycles. The fraction of sp³-hybridized carbons (Fsp3) is 0.875. The molecule has 10 nitrogen and oxygen atoms in total. The molecule has 5 aliphatic rings. The van der Waals surface area contributed by atoms with E-state index in [9.17, 15) is 35.4 Å². The van der Waals surface area contributed by atoms with Crippen LogP contribution in [-0.2, 0) is 19.0 Å². The number of allylic oxidation sites excluding steroid dienone is 3. The van der Waals surface area contributed by atoms with Gasteiger partial charge < -0.3 is 44.8 Å². The molecule has 5 rings (SSSR count). The van der Waals surface area contributed by atoms with Crippen molar-refractivity contribution in [1.82, 2.24) is 0 Å². The molecule has 4 saturated carbocycles. The summed E-state index contributed by atoms with van der Waals surface area (Å²) in [6.07, 6.45) is 1.66. The maximum absolute atomic E-state index is 12.2. The highest BCUT2D eigenvalue weighted by molar-refractivity contribution is 5.81. The lowest BCUT2D eigenvalue weighted by Gasteiger charge is -2.72. The molecule has 16 atom stereocenters. The molecule has 16 unspecified atom stereocenters. The summed E-state index contributed by atoms with van der Waals surface area (Å²) >= 11 is 0. The van der Waals surface area contributed by atoms with E-state index in [-0.39, 0.29) is 46.5 Å². The van der Waals surface area contributed by atoms with Crippen LogP contribution >= 0.6 is 0 Å². The second kappa shape index (κ2) is 14.1. The van der Waals surface area contributed by atoms with Gasteiger partial charge in [0.25, 0.3) is 0 Å². The van der Waals surface area contributed by atoms with Gasteiger partial charge in [-0.2, -0.15) is 0 Å². The Morgan fingerprint density at radius 1 is 0.960 bits per heavy atom. The Labute approximate surface area is 299 Å². The monoisotopic (exact) mass is 706 g/mol. The van der Waals surface area contributed by atoms with Gasteiger partial charge in [0.05, 0.1) is 23.9 Å². The first-order chi connectivity index (χ1) is 23.2. The molecule has 4 aliphatic carbocycles. The average Bonchev–Trinajstić information content (AvgIpc) is 3.41. The molecule has 50 heavy (non-hydrogen) atoms. The van der Waals surface area contributed by atoms with E-state index in [1.807, 2.05) is 6.92 Å². The van der Waals surface area contributed by atoms with Crippen LogP contribution in [0.25, 0.3) is 0 Å². The largest absolute Gasteiger partial charge is 0.460 e. The fourth-order valence-electron chi connectivity index (χ4n) is 12.2. The Balaban J connectivity index is 1.51. The van der Waals surface area contributed by atoms with E-state index in [0.717, 1.165) is 25.7 Å². The van der Waals surface area contributed by atoms with Gasteiger partial charge in [0.1, 0.15) is 31.0 Å². The second-order valence-electron chi connectivity index (χ2n) is 18.4. The molecule has 0 amide bonds. The molecule has 1 heterocycles. The van der Waals surface area contributed by atoms with Crippen LogP contribution in [0.3, 0.4) is 0 Å². The number of hydrogen-bond donors (Lipinski definition) is 6. The van der Waals surface area contributed by atoms with Crippen LogP contribution < -0.4 is 0 Å². The van der Waals surface area contributed by atoms with Gasteiger partial charge in [-0.1, -0.05) is 52.3 Å². The zero-order chi connectivity index (χ0) is 37.2. The summed E-state index contributed by atoms with van der Waals surface area (Å²) in [6.45, 7) is 18.4. The van der Waals surface area contributed by atoms with E-state index in [1.165, 1.54) is 17.7 Å². The maximum atomic E-state index is 12.2. The van der Waals surface area contributed by atoms with Crippen LogP contribution in [-0.4, -0.2) is 97.8 Å². The number of hydrogen-bond acceptors (Lipinski definition) is 10. The van der Waals surface area contributed by atoms with Crippen molar-refractivity contribution in [3.63, 3.8) is 0 Å². The van der Waals surface area contributed by atoms with Gasteiger partial charge in [0.2, 0.25) is 0 Å². The number of ether oxygens (including phenoxy) is 3. The third-order valence-corrected chi connectivity index (χ3v) is 14.9. The molecular weight excluding hydrogens is 640 g/mol. The molecule has 1 saturated heterocycles. The van der Waals surface area contributed by atoms with E-state index in [0.29, 0.717) is 25.7 Å². The summed E-state index contributed by atoms with van der Waals surface area (Å²) in [5.74, 6) is -0.918. The van der Waals surface area contributed by atoms with Crippen LogP contribution in [0.15, 0.2) is 23.8 Å². The van der Waals surface area contributed by atoms with Crippen LogP contribution in [0.5, 0.6) is 0 Å². The minimum absolute atomic E-state index is 0.0773. The number of esters is 1. The molecule has 0 radical (unpaired) electrons. The van der Waals surface area contributed by atoms with Crippen molar-refractivity contribution in [3.8, 4) is 0 Å². The Hall–Kier alpha value is -1.37. The first-order valence-corrected chi connectivity index (χ1v) is 19.0. The Morgan fingerprint density at radius 2 is 1.64 bits per heavy atom. The number of aliphatic hydroxyl groups is 6. The van der Waals surface area contributed by atoms with Crippen molar-refractivity contribution < 1.29 is 49.6 Å². The summed E-state index contributed by atoms with van der Waals surface area (Å²) in [7, 11) is 0. The maximum Gasteiger partial charge on any atom is 0.330 e. The van der Waals surface area contributed by atoms with E-state index in [4.69, 9.17) is 14.2 Å². The van der Waals surface area contributed by atoms with Crippen LogP contribution in [0, 0.1) is 45.3 Å². The van der Waals surface area contributed by atoms with Gasteiger partial charge in [-0.15, -0.1) is 0 Å². The van der Waals surface area contributed by atoms with Gasteiger partial charge in [0.15, 0.2) is 6.29 Å². The highest BCUT2D eigenvalue weighted by atomic mass is 16.7. The minimum Gasteiger partial charge on any atom is -0.460 e. The lowest BCUT2D eigenvalue weighted by atomic mass is 9.34. The summed E-state index contributed by atoms with van der Waals surface area (Å²) in [6, 6.07) is 0. The predicted molar refractivity (Wildman–Crippen MR) is 188 cm³/mol. The van der Waals surface area contributed by atoms with E-state index in [2.05, 4.69) is 54.5 Å². The molecule has 0 spiro atoms. The lowest BCUT2D eigenvalue weighted by molar-refractivity contribution is -0.347. The first-order valence-electron chi connectivity index (χ1n) is 19.0. The Kier molecular flexibility index (Phi) is 11.3. The molecule has 1 aliphatic heterocycles. The highest BCUT2D eigenvalue weighted by Gasteiger charge is 2.73. The molecule has 5 fully saturated rings. The SMILES string of the molecule is CC=CC(=O)OCC1OC(OC2CC3(C)C(CC(O)C4C(C(C)(O)CCC=C(C)C)CCC43C)C3(C)CCC(O)C(C)(C)C23)C(O)C(O)C1O. The summed E-state index contributed by atoms with van der Waals surface area (Å²) in [5, 5.41) is 68.5. The zero-order valence-corrected chi connectivity index (χ0v) is 31.8. The predicted octanol–water partition coefficient (Wildman–Crippen LogP) is 4.42. The average molecular weight is 707 g/mol. The fourth-order valence-corrected chi connectivity index (χ4v) is 12.2. The van der Waals surface area contributed by atoms with Gasteiger partial charge in [-0.05, 0) is 124 Å². The molecule has 0 bridgehead atoms. The van der Waals surface area contributed by atoms with Crippen LogP contribution in [0.4, 0.5) is 0 Å². The normalized spacial score (nSPS) is 48.2. The molecule has 6 N–H and O–H groups in total. The van der Waals surface area contributed by atoms with Crippen molar-refractivity contribution in [1.29, 1.82) is 0 Å². The number of carbonyl (C=O) groups is 1. The van der Waals surface area contributed by atoms with E-state index >= 15 is 0 Å². The summed E-state index contributed by atoms with van der Waals surface area (Å²) in [5.41, 5.74) is -1.38. The van der Waals surface area contributed by atoms with E-state index in [1.54, 1.807) is 6.92 Å². The van der Waals surface area contributed by atoms with Crippen molar-refractivity contribution in [2.24, 2.45) is 45.3 Å². The summed E-state index contributed by atoms with van der Waals surface area (Å²) in [4.78, 5) is 12.1. The third-order valence-electron chi connectivity index (χ3n) is 14.9. The second-order valence-corrected chi connectivity index (χ2v) is 18.4. The quantitative estimate of drug-likeness (QED) is 0.0875. The van der Waals surface area contributed by atoms with Crippen molar-refractivity contribution >= 4 is 5.97 Å². The zero-order valence-electron chi connectivity index (χ0n) is 31.8. The number of carbonyl (C=O) groups excluding carboxylic acids is 1. The van der Waals surface area contributed by atoms with Gasteiger partial charge >= 0.3 is 5.97 Å². The smallest absolute Gasteiger partial charge is 0.330 e. The Morgan fingerprint density at radius 3 is 2.28 bits per heavy atom. The molecule has 0 aromatic rings. The number of rotatable bonds is 9. The summed E-state index contributed by atoms with van der Waals surface area (Å²) < 4.78 is 18.2. The van der Waals surface area contributed by atoms with Crippen LogP contribution in [0.2, 0.25) is 0 Å². The topological polar surface area (TPSA) is 166 Å². The minimum atomic E-state index is -1.60. The molecule has 0 aromatic carbocycles. The van der Waals surface area contributed by atoms with Crippen molar-refractivity contribution in [2.75, 3.05) is 6.61 Å². The van der Waals surface area contributed by atoms with Gasteiger partial charge in [-0.3, -0.25) is 0 Å². The number of aliphatic hydroxyl groups excluding tert-OH is 5. The number of fused-ring (bicyclic) bond motifs is 5. The van der Waals surface area contributed by atoms with Crippen molar-refractivity contribution in [2.45, 2.75) is 168 Å². The lowest BCUT2D eigenvalue weighted by Crippen LogP contribution is -2.71. The molecular formula is C40H66O10. The van der Waals surface area contributed by atoms with Crippen LogP contribution in [0.1, 0.15) is 114 Å². The van der Waals surface area contributed by atoms with Gasteiger partial charge in [0, 0.05) is 6.08 Å². The first kappa shape index (κ1) is 39.8. The van der Waals surface area contributed by atoms with E-state index < -0.39 is 66.0 Å². The molecule has 10 heteroatoms. The third kappa shape index (κ3) is 6.56. The molecule has 286 valence electrons. The van der Waals surface area contributed by atoms with Gasteiger partial charge in [-0.25, -0.2) is 4.79 Å². The highest BCUT2D eigenvalue weighted by Crippen LogP contribution is 2.76. The Bertz CT molecular complexity index is 1290. The van der Waals surface area contributed by atoms with Crippen molar-refractivity contribution in [3.05, 3.63) is 23.8 Å².